The molecule has 1 saturated heterocycles. The Labute approximate surface area is 115 Å². The molecule has 2 atom stereocenters. The second kappa shape index (κ2) is 5.38. The van der Waals surface area contributed by atoms with Gasteiger partial charge in [-0.1, -0.05) is 38.5 Å². The predicted molar refractivity (Wildman–Crippen MR) is 81.4 cm³/mol. The average Bonchev–Trinajstić information content (AvgIpc) is 2.82. The molecule has 0 amide bonds. The summed E-state index contributed by atoms with van der Waals surface area (Å²) in [6.07, 6.45) is 5.98. The maximum atomic E-state index is 3.37. The van der Waals surface area contributed by atoms with Gasteiger partial charge in [-0.3, -0.25) is 4.90 Å². The summed E-state index contributed by atoms with van der Waals surface area (Å²) >= 11 is 0. The minimum absolute atomic E-state index is 0.829. The Kier molecular flexibility index (Phi) is 3.61. The first-order valence-electron chi connectivity index (χ1n) is 7.62. The van der Waals surface area contributed by atoms with Crippen molar-refractivity contribution in [2.75, 3.05) is 13.1 Å². The number of aromatic amines is 1. The fraction of sp³-hybridized carbons (Fsp3) is 0.529. The molecule has 102 valence electrons. The molecule has 0 saturated carbocycles. The molecule has 1 aromatic carbocycles. The van der Waals surface area contributed by atoms with Crippen molar-refractivity contribution in [3.05, 3.63) is 36.0 Å². The molecular weight excluding hydrogens is 232 g/mol. The molecule has 19 heavy (non-hydrogen) atoms. The Bertz CT molecular complexity index is 543. The van der Waals surface area contributed by atoms with Gasteiger partial charge in [0.25, 0.3) is 0 Å². The number of rotatable bonds is 5. The lowest BCUT2D eigenvalue weighted by atomic mass is 9.84. The van der Waals surface area contributed by atoms with Gasteiger partial charge >= 0.3 is 0 Å². The molecular formula is C17H24N2. The highest BCUT2D eigenvalue weighted by Gasteiger charge is 2.35. The third-order valence-corrected chi connectivity index (χ3v) is 4.77. The minimum atomic E-state index is 0.829. The van der Waals surface area contributed by atoms with E-state index in [0.717, 1.165) is 18.4 Å². The largest absolute Gasteiger partial charge is 0.361 e. The Morgan fingerprint density at radius 2 is 2.05 bits per heavy atom. The van der Waals surface area contributed by atoms with Crippen molar-refractivity contribution in [1.82, 2.24) is 9.88 Å². The Hall–Kier alpha value is -1.28. The van der Waals surface area contributed by atoms with Crippen molar-refractivity contribution < 1.29 is 0 Å². The maximum Gasteiger partial charge on any atom is 0.0456 e. The van der Waals surface area contributed by atoms with Crippen LogP contribution in [-0.4, -0.2) is 29.0 Å². The van der Waals surface area contributed by atoms with Crippen LogP contribution in [0, 0.1) is 5.92 Å². The van der Waals surface area contributed by atoms with Gasteiger partial charge in [0.15, 0.2) is 0 Å². The van der Waals surface area contributed by atoms with E-state index in [4.69, 9.17) is 0 Å². The number of hydrogen-bond donors (Lipinski definition) is 1. The summed E-state index contributed by atoms with van der Waals surface area (Å²) in [7, 11) is 0. The van der Waals surface area contributed by atoms with E-state index in [1.165, 1.54) is 42.4 Å². The van der Waals surface area contributed by atoms with E-state index in [2.05, 4.69) is 54.2 Å². The highest BCUT2D eigenvalue weighted by atomic mass is 15.2. The fourth-order valence-electron chi connectivity index (χ4n) is 3.57. The van der Waals surface area contributed by atoms with Gasteiger partial charge in [-0.25, -0.2) is 0 Å². The number of benzene rings is 1. The molecule has 0 spiro atoms. The number of nitrogens with zero attached hydrogens (tertiary/aromatic N) is 1. The number of hydrogen-bond acceptors (Lipinski definition) is 1. The topological polar surface area (TPSA) is 19.0 Å². The number of para-hydroxylation sites is 1. The van der Waals surface area contributed by atoms with Gasteiger partial charge in [0, 0.05) is 36.2 Å². The normalized spacial score (nSPS) is 23.7. The Morgan fingerprint density at radius 3 is 2.84 bits per heavy atom. The van der Waals surface area contributed by atoms with Crippen LogP contribution in [0.3, 0.4) is 0 Å². The highest BCUT2D eigenvalue weighted by molar-refractivity contribution is 5.83. The predicted octanol–water partition coefficient (Wildman–Crippen LogP) is 3.83. The molecule has 0 radical (unpaired) electrons. The number of nitrogens with one attached hydrogen (secondary N) is 1. The number of fused-ring (bicyclic) bond motifs is 1. The zero-order valence-corrected chi connectivity index (χ0v) is 12.0. The van der Waals surface area contributed by atoms with Gasteiger partial charge in [0.1, 0.15) is 0 Å². The van der Waals surface area contributed by atoms with Crippen molar-refractivity contribution in [1.29, 1.82) is 0 Å². The summed E-state index contributed by atoms with van der Waals surface area (Å²) in [5.41, 5.74) is 2.73. The molecule has 2 heterocycles. The lowest BCUT2D eigenvalue weighted by molar-refractivity contribution is 0.0117. The second-order valence-corrected chi connectivity index (χ2v) is 5.75. The smallest absolute Gasteiger partial charge is 0.0456 e. The fourth-order valence-corrected chi connectivity index (χ4v) is 3.57. The van der Waals surface area contributed by atoms with Gasteiger partial charge in [0.2, 0.25) is 0 Å². The van der Waals surface area contributed by atoms with Crippen LogP contribution >= 0.6 is 0 Å². The van der Waals surface area contributed by atoms with Crippen LogP contribution in [-0.2, 0) is 6.42 Å². The van der Waals surface area contributed by atoms with E-state index in [1.54, 1.807) is 0 Å². The first-order chi connectivity index (χ1) is 9.33. The molecule has 3 rings (SSSR count). The standard InChI is InChI=1S/C17H24N2/c1-3-13-12-19(17(13)4-2)10-9-14-11-18-16-8-6-5-7-15(14)16/h5-8,11,13,17-18H,3-4,9-10,12H2,1-2H3. The molecule has 0 bridgehead atoms. The molecule has 1 aliphatic heterocycles. The van der Waals surface area contributed by atoms with E-state index in [-0.39, 0.29) is 0 Å². The summed E-state index contributed by atoms with van der Waals surface area (Å²) in [5, 5.41) is 1.39. The van der Waals surface area contributed by atoms with E-state index in [0.29, 0.717) is 0 Å². The number of aromatic nitrogens is 1. The summed E-state index contributed by atoms with van der Waals surface area (Å²) in [5.74, 6) is 0.938. The summed E-state index contributed by atoms with van der Waals surface area (Å²) < 4.78 is 0. The SMILES string of the molecule is CCC1CN(CCc2c[nH]c3ccccc23)C1CC. The van der Waals surface area contributed by atoms with Crippen LogP contribution in [0.5, 0.6) is 0 Å². The van der Waals surface area contributed by atoms with Crippen LogP contribution in [0.4, 0.5) is 0 Å². The third-order valence-electron chi connectivity index (χ3n) is 4.77. The van der Waals surface area contributed by atoms with E-state index < -0.39 is 0 Å². The van der Waals surface area contributed by atoms with Crippen molar-refractivity contribution in [3.8, 4) is 0 Å². The van der Waals surface area contributed by atoms with Gasteiger partial charge in [-0.2, -0.15) is 0 Å². The third kappa shape index (κ3) is 2.30. The van der Waals surface area contributed by atoms with Crippen molar-refractivity contribution in [3.63, 3.8) is 0 Å². The molecule has 2 heteroatoms. The number of H-pyrrole nitrogens is 1. The van der Waals surface area contributed by atoms with Gasteiger partial charge in [0.05, 0.1) is 0 Å². The zero-order chi connectivity index (χ0) is 13.2. The summed E-state index contributed by atoms with van der Waals surface area (Å²) in [6, 6.07) is 9.44. The first kappa shape index (κ1) is 12.7. The minimum Gasteiger partial charge on any atom is -0.361 e. The molecule has 1 fully saturated rings. The summed E-state index contributed by atoms with van der Waals surface area (Å²) in [4.78, 5) is 6.04. The van der Waals surface area contributed by atoms with Gasteiger partial charge < -0.3 is 4.98 Å². The lowest BCUT2D eigenvalue weighted by Crippen LogP contribution is -2.56. The molecule has 1 aliphatic rings. The quantitative estimate of drug-likeness (QED) is 0.861. The van der Waals surface area contributed by atoms with E-state index in [9.17, 15) is 0 Å². The van der Waals surface area contributed by atoms with Crippen LogP contribution in [0.15, 0.2) is 30.5 Å². The van der Waals surface area contributed by atoms with E-state index >= 15 is 0 Å². The Balaban J connectivity index is 1.64. The Morgan fingerprint density at radius 1 is 1.21 bits per heavy atom. The molecule has 0 aliphatic carbocycles. The van der Waals surface area contributed by atoms with Crippen LogP contribution < -0.4 is 0 Å². The van der Waals surface area contributed by atoms with Crippen molar-refractivity contribution in [2.45, 2.75) is 39.2 Å². The molecule has 2 unspecified atom stereocenters. The van der Waals surface area contributed by atoms with Crippen molar-refractivity contribution >= 4 is 10.9 Å². The average molecular weight is 256 g/mol. The van der Waals surface area contributed by atoms with Crippen LogP contribution in [0.25, 0.3) is 10.9 Å². The van der Waals surface area contributed by atoms with Crippen LogP contribution in [0.1, 0.15) is 32.3 Å². The second-order valence-electron chi connectivity index (χ2n) is 5.75. The van der Waals surface area contributed by atoms with Gasteiger partial charge in [-0.05, 0) is 30.4 Å². The monoisotopic (exact) mass is 256 g/mol. The number of likely N-dealkylation sites (tertiary alicyclic amines) is 1. The maximum absolute atomic E-state index is 3.37. The lowest BCUT2D eigenvalue weighted by Gasteiger charge is -2.48. The molecule has 1 aromatic heterocycles. The first-order valence-corrected chi connectivity index (χ1v) is 7.62. The molecule has 2 nitrogen and oxygen atoms in total. The van der Waals surface area contributed by atoms with Crippen LogP contribution in [0.2, 0.25) is 0 Å². The highest BCUT2D eigenvalue weighted by Crippen LogP contribution is 2.30. The van der Waals surface area contributed by atoms with E-state index in [1.807, 2.05) is 0 Å². The molecule has 2 aromatic rings. The van der Waals surface area contributed by atoms with Gasteiger partial charge in [-0.15, -0.1) is 0 Å². The van der Waals surface area contributed by atoms with Crippen molar-refractivity contribution in [2.24, 2.45) is 5.92 Å². The zero-order valence-electron chi connectivity index (χ0n) is 12.0. The molecule has 1 N–H and O–H groups in total. The summed E-state index contributed by atoms with van der Waals surface area (Å²) in [6.45, 7) is 7.16.